The van der Waals surface area contributed by atoms with Gasteiger partial charge in [-0.25, -0.2) is 4.98 Å². The first-order valence-corrected chi connectivity index (χ1v) is 13.0. The van der Waals surface area contributed by atoms with E-state index < -0.39 is 0 Å². The number of hydrogen-bond donors (Lipinski definition) is 2. The number of nitrogens with zero attached hydrogens (tertiary/aromatic N) is 4. The number of benzene rings is 1. The molecule has 5 rings (SSSR count). The van der Waals surface area contributed by atoms with E-state index in [1.54, 1.807) is 11.3 Å². The van der Waals surface area contributed by atoms with Gasteiger partial charge in [-0.1, -0.05) is 18.5 Å². The number of fused-ring (bicyclic) bond motifs is 2. The van der Waals surface area contributed by atoms with E-state index in [0.717, 1.165) is 67.8 Å². The van der Waals surface area contributed by atoms with E-state index in [1.807, 2.05) is 6.20 Å². The van der Waals surface area contributed by atoms with Gasteiger partial charge in [0.25, 0.3) is 0 Å². The molecule has 32 heavy (non-hydrogen) atoms. The molecule has 1 aromatic carbocycles. The molecule has 1 aliphatic heterocycles. The molecule has 0 bridgehead atoms. The fourth-order valence-corrected chi connectivity index (χ4v) is 6.47. The number of nitrogens with two attached hydrogens (primary N) is 1. The largest absolute Gasteiger partial charge is 0.375 e. The van der Waals surface area contributed by atoms with Crippen molar-refractivity contribution in [2.45, 2.75) is 38.6 Å². The van der Waals surface area contributed by atoms with Crippen molar-refractivity contribution in [2.75, 3.05) is 56.4 Å². The van der Waals surface area contributed by atoms with E-state index in [0.29, 0.717) is 6.04 Å². The molecule has 1 saturated heterocycles. The summed E-state index contributed by atoms with van der Waals surface area (Å²) < 4.78 is 0. The Morgan fingerprint density at radius 1 is 1.25 bits per heavy atom. The van der Waals surface area contributed by atoms with Gasteiger partial charge in [0.05, 0.1) is 16.2 Å². The number of nitrogen functional groups attached to an aromatic ring is 1. The number of thiazole rings is 1. The molecule has 1 fully saturated rings. The number of piperazine rings is 1. The van der Waals surface area contributed by atoms with Crippen LogP contribution in [0.2, 0.25) is 5.02 Å². The zero-order valence-corrected chi connectivity index (χ0v) is 20.4. The monoisotopic (exact) mass is 472 g/mol. The van der Waals surface area contributed by atoms with E-state index >= 15 is 0 Å². The van der Waals surface area contributed by atoms with Crippen molar-refractivity contribution in [1.82, 2.24) is 19.8 Å². The Morgan fingerprint density at radius 3 is 2.91 bits per heavy atom. The molecule has 2 aromatic heterocycles. The summed E-state index contributed by atoms with van der Waals surface area (Å²) in [6.45, 7) is 10.0. The molecule has 0 unspecified atom stereocenters. The zero-order chi connectivity index (χ0) is 22.1. The van der Waals surface area contributed by atoms with E-state index in [9.17, 15) is 0 Å². The van der Waals surface area contributed by atoms with Crippen molar-refractivity contribution < 1.29 is 0 Å². The Balaban J connectivity index is 1.15. The normalized spacial score (nSPS) is 19.7. The van der Waals surface area contributed by atoms with E-state index in [-0.39, 0.29) is 0 Å². The van der Waals surface area contributed by atoms with E-state index in [1.165, 1.54) is 41.0 Å². The van der Waals surface area contributed by atoms with E-state index in [4.69, 9.17) is 17.3 Å². The number of nitrogens with one attached hydrogen (secondary N) is 1. The third-order valence-electron chi connectivity index (χ3n) is 6.99. The molecule has 2 aliphatic rings. The maximum absolute atomic E-state index is 6.49. The van der Waals surface area contributed by atoms with Crippen LogP contribution < -0.4 is 10.6 Å². The van der Waals surface area contributed by atoms with Crippen LogP contribution in [0.4, 0.5) is 10.8 Å². The summed E-state index contributed by atoms with van der Waals surface area (Å²) in [4.78, 5) is 16.9. The van der Waals surface area contributed by atoms with Gasteiger partial charge in [0.15, 0.2) is 5.13 Å². The van der Waals surface area contributed by atoms with Gasteiger partial charge in [-0.15, -0.1) is 11.3 Å². The lowest BCUT2D eigenvalue weighted by Crippen LogP contribution is -2.50. The van der Waals surface area contributed by atoms with Crippen molar-refractivity contribution >= 4 is 44.7 Å². The highest BCUT2D eigenvalue weighted by Gasteiger charge is 2.27. The van der Waals surface area contributed by atoms with Gasteiger partial charge in [-0.05, 0) is 50.4 Å². The predicted molar refractivity (Wildman–Crippen MR) is 136 cm³/mol. The first-order chi connectivity index (χ1) is 15.6. The Kier molecular flexibility index (Phi) is 6.60. The Bertz CT molecular complexity index is 1050. The summed E-state index contributed by atoms with van der Waals surface area (Å²) in [5, 5.41) is 2.72. The molecule has 3 heterocycles. The Morgan fingerprint density at radius 2 is 2.09 bits per heavy atom. The van der Waals surface area contributed by atoms with E-state index in [2.05, 4.69) is 49.8 Å². The maximum Gasteiger partial charge on any atom is 0.180 e. The van der Waals surface area contributed by atoms with Crippen LogP contribution >= 0.6 is 22.9 Å². The number of aromatic amines is 1. The molecule has 0 spiro atoms. The van der Waals surface area contributed by atoms with Gasteiger partial charge in [0.1, 0.15) is 0 Å². The van der Waals surface area contributed by atoms with Crippen LogP contribution in [0.25, 0.3) is 10.9 Å². The number of halogens is 1. The topological polar surface area (TPSA) is 64.4 Å². The fraction of sp³-hybridized carbons (Fsp3) is 0.542. The molecule has 3 N–H and O–H groups in total. The number of H-pyrrole nitrogens is 1. The summed E-state index contributed by atoms with van der Waals surface area (Å²) in [5.41, 5.74) is 9.46. The highest BCUT2D eigenvalue weighted by molar-refractivity contribution is 7.15. The lowest BCUT2D eigenvalue weighted by Gasteiger charge is -2.39. The Hall–Kier alpha value is -1.80. The number of hydrogen-bond acceptors (Lipinski definition) is 6. The lowest BCUT2D eigenvalue weighted by molar-refractivity contribution is 0.146. The van der Waals surface area contributed by atoms with Gasteiger partial charge in [-0.3, -0.25) is 9.80 Å². The minimum absolute atomic E-state index is 0.624. The molecular weight excluding hydrogens is 440 g/mol. The van der Waals surface area contributed by atoms with Crippen molar-refractivity contribution in [3.8, 4) is 0 Å². The highest BCUT2D eigenvalue weighted by Crippen LogP contribution is 2.31. The van der Waals surface area contributed by atoms with Gasteiger partial charge in [-0.2, -0.15) is 0 Å². The minimum Gasteiger partial charge on any atom is -0.375 e. The average molecular weight is 473 g/mol. The quantitative estimate of drug-likeness (QED) is 0.538. The van der Waals surface area contributed by atoms with Crippen LogP contribution in [0, 0.1) is 0 Å². The van der Waals surface area contributed by atoms with Crippen LogP contribution in [0.15, 0.2) is 24.4 Å². The molecule has 172 valence electrons. The van der Waals surface area contributed by atoms with Crippen molar-refractivity contribution in [3.63, 3.8) is 0 Å². The lowest BCUT2D eigenvalue weighted by atomic mass is 9.96. The predicted octanol–water partition coefficient (Wildman–Crippen LogP) is 4.25. The molecule has 8 heteroatoms. The SMILES string of the molecule is CCCN(CCN1CCN(c2cc(Cl)c3[nH]ccc3c2)CC1)[C@@H]1CCc2nc(N)sc2C1. The molecular formula is C24H33ClN6S. The van der Waals surface area contributed by atoms with Gasteiger partial charge >= 0.3 is 0 Å². The third kappa shape index (κ3) is 4.62. The van der Waals surface area contributed by atoms with Crippen LogP contribution in [-0.2, 0) is 12.8 Å². The van der Waals surface area contributed by atoms with Crippen LogP contribution in [0.1, 0.15) is 30.3 Å². The smallest absolute Gasteiger partial charge is 0.180 e. The fourth-order valence-electron chi connectivity index (χ4n) is 5.25. The average Bonchev–Trinajstić information content (AvgIpc) is 3.42. The third-order valence-corrected chi connectivity index (χ3v) is 8.24. The molecule has 3 aromatic rings. The first kappa shape index (κ1) is 22.0. The molecule has 1 atom stereocenters. The number of aryl methyl sites for hydroxylation is 1. The molecule has 0 radical (unpaired) electrons. The van der Waals surface area contributed by atoms with Crippen molar-refractivity contribution in [3.05, 3.63) is 40.0 Å². The van der Waals surface area contributed by atoms with Gasteiger partial charge < -0.3 is 15.6 Å². The highest BCUT2D eigenvalue weighted by atomic mass is 35.5. The van der Waals surface area contributed by atoms with Crippen molar-refractivity contribution in [1.29, 1.82) is 0 Å². The van der Waals surface area contributed by atoms with Crippen molar-refractivity contribution in [2.24, 2.45) is 0 Å². The number of rotatable bonds is 7. The molecule has 0 saturated carbocycles. The second-order valence-electron chi connectivity index (χ2n) is 9.05. The summed E-state index contributed by atoms with van der Waals surface area (Å²) in [6.07, 6.45) is 6.54. The second kappa shape index (κ2) is 9.59. The molecule has 0 amide bonds. The van der Waals surface area contributed by atoms with Gasteiger partial charge in [0.2, 0.25) is 0 Å². The summed E-state index contributed by atoms with van der Waals surface area (Å²) >= 11 is 8.18. The first-order valence-electron chi connectivity index (χ1n) is 11.8. The molecule has 6 nitrogen and oxygen atoms in total. The van der Waals surface area contributed by atoms with Gasteiger partial charge in [0, 0.05) is 67.5 Å². The standard InChI is InChI=1S/C24H33ClN6S/c1-2-7-30(18-3-4-21-22(16-18)32-24(26)28-21)11-8-29-9-12-31(13-10-29)19-14-17-5-6-27-23(17)20(25)15-19/h5-6,14-15,18,27H,2-4,7-13,16H2,1H3,(H2,26,28)/t18-/m1/s1. The minimum atomic E-state index is 0.624. The number of aromatic nitrogens is 2. The molecule has 1 aliphatic carbocycles. The summed E-state index contributed by atoms with van der Waals surface area (Å²) in [7, 11) is 0. The number of anilines is 2. The van der Waals surface area contributed by atoms with Crippen LogP contribution in [-0.4, -0.2) is 71.6 Å². The van der Waals surface area contributed by atoms with Crippen LogP contribution in [0.3, 0.4) is 0 Å². The summed E-state index contributed by atoms with van der Waals surface area (Å²) in [6, 6.07) is 7.07. The van der Waals surface area contributed by atoms with Crippen LogP contribution in [0.5, 0.6) is 0 Å². The maximum atomic E-state index is 6.49. The second-order valence-corrected chi connectivity index (χ2v) is 10.6. The summed E-state index contributed by atoms with van der Waals surface area (Å²) in [5.74, 6) is 0. The zero-order valence-electron chi connectivity index (χ0n) is 18.8. The Labute approximate surface area is 199 Å².